The number of hydrogen-bond donors (Lipinski definition) is 2. The van der Waals surface area contributed by atoms with Gasteiger partial charge in [0.2, 0.25) is 0 Å². The van der Waals surface area contributed by atoms with Crippen LogP contribution in [0.3, 0.4) is 0 Å². The molecule has 0 heterocycles. The summed E-state index contributed by atoms with van der Waals surface area (Å²) in [5.41, 5.74) is 10.0. The van der Waals surface area contributed by atoms with E-state index >= 15 is 0 Å². The van der Waals surface area contributed by atoms with Crippen molar-refractivity contribution in [2.75, 3.05) is 6.54 Å². The molecule has 3 N–H and O–H groups in total. The van der Waals surface area contributed by atoms with Crippen molar-refractivity contribution in [3.8, 4) is 0 Å². The maximum absolute atomic E-state index is 11.0. The molecule has 0 saturated carbocycles. The van der Waals surface area contributed by atoms with Gasteiger partial charge in [0.15, 0.2) is 0 Å². The van der Waals surface area contributed by atoms with E-state index in [4.69, 9.17) is 17.3 Å². The Bertz CT molecular complexity index is 670. The first-order chi connectivity index (χ1) is 10.1. The van der Waals surface area contributed by atoms with Crippen LogP contribution in [-0.2, 0) is 11.8 Å². The molecule has 0 amide bonds. The van der Waals surface area contributed by atoms with Gasteiger partial charge in [-0.1, -0.05) is 48.0 Å². The number of nitrogens with two attached hydrogens (primary N) is 1. The lowest BCUT2D eigenvalue weighted by molar-refractivity contribution is 0.0840. The largest absolute Gasteiger partial charge is 0.387 e. The lowest BCUT2D eigenvalue weighted by Crippen LogP contribution is -2.39. The van der Waals surface area contributed by atoms with Crippen molar-refractivity contribution < 1.29 is 5.11 Å². The molecule has 2 atom stereocenters. The van der Waals surface area contributed by atoms with E-state index in [0.29, 0.717) is 11.6 Å². The monoisotopic (exact) mass is 301 g/mol. The van der Waals surface area contributed by atoms with Gasteiger partial charge in [-0.2, -0.15) is 0 Å². The standard InChI is InChI=1S/C18H20ClNO/c1-12-6-7-14(10-16(12)19)17(21)18(11-20)9-8-13-4-2-3-5-15(13)18/h2-7,10,17,21H,8-9,11,20H2,1H3. The quantitative estimate of drug-likeness (QED) is 0.911. The van der Waals surface area contributed by atoms with Crippen molar-refractivity contribution in [2.24, 2.45) is 5.73 Å². The van der Waals surface area contributed by atoms with Crippen LogP contribution in [0.15, 0.2) is 42.5 Å². The average Bonchev–Trinajstić information content (AvgIpc) is 2.89. The van der Waals surface area contributed by atoms with Crippen molar-refractivity contribution in [1.82, 2.24) is 0 Å². The van der Waals surface area contributed by atoms with Gasteiger partial charge in [-0.15, -0.1) is 0 Å². The number of hydrogen-bond acceptors (Lipinski definition) is 2. The molecule has 0 aromatic heterocycles. The Kier molecular flexibility index (Phi) is 3.78. The average molecular weight is 302 g/mol. The minimum absolute atomic E-state index is 0.408. The van der Waals surface area contributed by atoms with Crippen molar-refractivity contribution in [1.29, 1.82) is 0 Å². The molecule has 1 aliphatic carbocycles. The predicted octanol–water partition coefficient (Wildman–Crippen LogP) is 3.52. The summed E-state index contributed by atoms with van der Waals surface area (Å²) in [7, 11) is 0. The van der Waals surface area contributed by atoms with Gasteiger partial charge >= 0.3 is 0 Å². The molecule has 0 spiro atoms. The summed E-state index contributed by atoms with van der Waals surface area (Å²) in [4.78, 5) is 0. The van der Waals surface area contributed by atoms with E-state index in [1.807, 2.05) is 37.3 Å². The highest BCUT2D eigenvalue weighted by Crippen LogP contribution is 2.47. The smallest absolute Gasteiger partial charge is 0.0899 e. The van der Waals surface area contributed by atoms with Crippen LogP contribution < -0.4 is 5.73 Å². The van der Waals surface area contributed by atoms with Crippen molar-refractivity contribution in [3.63, 3.8) is 0 Å². The Morgan fingerprint density at radius 3 is 2.76 bits per heavy atom. The molecule has 2 unspecified atom stereocenters. The highest BCUT2D eigenvalue weighted by Gasteiger charge is 2.44. The van der Waals surface area contributed by atoms with E-state index in [1.54, 1.807) is 0 Å². The molecule has 2 aromatic carbocycles. The van der Waals surface area contributed by atoms with Crippen LogP contribution in [0, 0.1) is 6.92 Å². The van der Waals surface area contributed by atoms with Crippen molar-refractivity contribution >= 4 is 11.6 Å². The highest BCUT2D eigenvalue weighted by molar-refractivity contribution is 6.31. The van der Waals surface area contributed by atoms with Crippen molar-refractivity contribution in [3.05, 3.63) is 69.7 Å². The number of halogens is 1. The van der Waals surface area contributed by atoms with Gasteiger partial charge in [-0.25, -0.2) is 0 Å². The van der Waals surface area contributed by atoms with E-state index in [2.05, 4.69) is 12.1 Å². The first-order valence-corrected chi connectivity index (χ1v) is 7.69. The van der Waals surface area contributed by atoms with Gasteiger partial charge in [0.05, 0.1) is 6.10 Å². The summed E-state index contributed by atoms with van der Waals surface area (Å²) in [6.45, 7) is 2.39. The van der Waals surface area contributed by atoms with Crippen LogP contribution >= 0.6 is 11.6 Å². The van der Waals surface area contributed by atoms with E-state index in [-0.39, 0.29) is 0 Å². The van der Waals surface area contributed by atoms with Crippen LogP contribution in [0.2, 0.25) is 5.02 Å². The third-order valence-electron chi connectivity index (χ3n) is 4.79. The van der Waals surface area contributed by atoms with Gasteiger partial charge in [-0.3, -0.25) is 0 Å². The summed E-state index contributed by atoms with van der Waals surface area (Å²) in [6.07, 6.45) is 1.20. The zero-order valence-electron chi connectivity index (χ0n) is 12.1. The van der Waals surface area contributed by atoms with Gasteiger partial charge in [0.1, 0.15) is 0 Å². The number of aliphatic hydroxyl groups is 1. The van der Waals surface area contributed by atoms with Gasteiger partial charge in [0.25, 0.3) is 0 Å². The van der Waals surface area contributed by atoms with Crippen LogP contribution in [0.4, 0.5) is 0 Å². The summed E-state index contributed by atoms with van der Waals surface area (Å²) < 4.78 is 0. The SMILES string of the molecule is Cc1ccc(C(O)C2(CN)CCc3ccccc32)cc1Cl. The van der Waals surface area contributed by atoms with E-state index in [9.17, 15) is 5.11 Å². The minimum atomic E-state index is -0.635. The number of rotatable bonds is 3. The summed E-state index contributed by atoms with van der Waals surface area (Å²) in [5.74, 6) is 0. The normalized spacial score (nSPS) is 22.1. The Labute approximate surface area is 130 Å². The molecule has 3 heteroatoms. The Morgan fingerprint density at radius 2 is 2.05 bits per heavy atom. The summed E-state index contributed by atoms with van der Waals surface area (Å²) in [6, 6.07) is 14.0. The fraction of sp³-hybridized carbons (Fsp3) is 0.333. The van der Waals surface area contributed by atoms with Crippen LogP contribution in [0.25, 0.3) is 0 Å². The van der Waals surface area contributed by atoms with Crippen LogP contribution in [0.1, 0.15) is 34.8 Å². The first kappa shape index (κ1) is 14.6. The number of fused-ring (bicyclic) bond motifs is 1. The third kappa shape index (κ3) is 2.28. The first-order valence-electron chi connectivity index (χ1n) is 7.31. The Balaban J connectivity index is 2.06. The predicted molar refractivity (Wildman–Crippen MR) is 86.6 cm³/mol. The number of aliphatic hydroxyl groups excluding tert-OH is 1. The van der Waals surface area contributed by atoms with E-state index < -0.39 is 11.5 Å². The molecule has 110 valence electrons. The Hall–Kier alpha value is -1.35. The fourth-order valence-corrected chi connectivity index (χ4v) is 3.61. The van der Waals surface area contributed by atoms with E-state index in [1.165, 1.54) is 11.1 Å². The molecule has 2 aromatic rings. The van der Waals surface area contributed by atoms with Gasteiger partial charge in [-0.05, 0) is 48.1 Å². The topological polar surface area (TPSA) is 46.2 Å². The second-order valence-corrected chi connectivity index (χ2v) is 6.34. The molecule has 1 aliphatic rings. The van der Waals surface area contributed by atoms with Crippen molar-refractivity contribution in [2.45, 2.75) is 31.3 Å². The molecule has 0 saturated heterocycles. The third-order valence-corrected chi connectivity index (χ3v) is 5.20. The fourth-order valence-electron chi connectivity index (χ4n) is 3.42. The molecule has 0 aliphatic heterocycles. The zero-order chi connectivity index (χ0) is 15.0. The zero-order valence-corrected chi connectivity index (χ0v) is 12.9. The number of aryl methyl sites for hydroxylation is 2. The second kappa shape index (κ2) is 5.45. The molecule has 2 nitrogen and oxygen atoms in total. The summed E-state index contributed by atoms with van der Waals surface area (Å²) in [5, 5.41) is 11.7. The second-order valence-electron chi connectivity index (χ2n) is 5.93. The highest BCUT2D eigenvalue weighted by atomic mass is 35.5. The molecule has 3 rings (SSSR count). The molecule has 21 heavy (non-hydrogen) atoms. The molecular formula is C18H20ClNO. The lowest BCUT2D eigenvalue weighted by atomic mass is 9.74. The molecular weight excluding hydrogens is 282 g/mol. The number of benzene rings is 2. The van der Waals surface area contributed by atoms with Gasteiger partial charge < -0.3 is 10.8 Å². The summed E-state index contributed by atoms with van der Waals surface area (Å²) >= 11 is 6.21. The lowest BCUT2D eigenvalue weighted by Gasteiger charge is -2.34. The molecule has 0 fully saturated rings. The molecule has 0 radical (unpaired) electrons. The minimum Gasteiger partial charge on any atom is -0.387 e. The van der Waals surface area contributed by atoms with Crippen LogP contribution in [0.5, 0.6) is 0 Å². The van der Waals surface area contributed by atoms with E-state index in [0.717, 1.165) is 24.0 Å². The maximum Gasteiger partial charge on any atom is 0.0899 e. The van der Waals surface area contributed by atoms with Gasteiger partial charge in [0, 0.05) is 17.0 Å². The van der Waals surface area contributed by atoms with Crippen LogP contribution in [-0.4, -0.2) is 11.7 Å². The maximum atomic E-state index is 11.0. The molecule has 0 bridgehead atoms. The Morgan fingerprint density at radius 1 is 1.29 bits per heavy atom.